The zero-order valence-electron chi connectivity index (χ0n) is 17.6. The van der Waals surface area contributed by atoms with E-state index in [4.69, 9.17) is 4.74 Å². The topological polar surface area (TPSA) is 73.2 Å². The highest BCUT2D eigenvalue weighted by atomic mass is 79.9. The van der Waals surface area contributed by atoms with Crippen LogP contribution in [-0.2, 0) is 9.53 Å². The second-order valence-electron chi connectivity index (χ2n) is 8.37. The van der Waals surface area contributed by atoms with Crippen LogP contribution < -0.4 is 5.32 Å². The van der Waals surface area contributed by atoms with Gasteiger partial charge in [0.2, 0.25) is 11.6 Å². The molecule has 0 fully saturated rings. The smallest absolute Gasteiger partial charge is 0.235 e. The van der Waals surface area contributed by atoms with Gasteiger partial charge in [-0.15, -0.1) is 0 Å². The van der Waals surface area contributed by atoms with Gasteiger partial charge in [-0.3, -0.25) is 9.59 Å². The number of carbonyl (C=O) groups is 2. The van der Waals surface area contributed by atoms with Crippen LogP contribution in [0.3, 0.4) is 0 Å². The van der Waals surface area contributed by atoms with Crippen LogP contribution >= 0.6 is 31.9 Å². The van der Waals surface area contributed by atoms with Gasteiger partial charge in [0.25, 0.3) is 0 Å². The number of rotatable bonds is 3. The first-order chi connectivity index (χ1) is 15.2. The second kappa shape index (κ2) is 7.42. The molecule has 0 amide bonds. The van der Waals surface area contributed by atoms with Crippen LogP contribution in [0.25, 0.3) is 11.4 Å². The molecule has 1 aliphatic carbocycles. The van der Waals surface area contributed by atoms with E-state index < -0.39 is 23.2 Å². The van der Waals surface area contributed by atoms with E-state index in [0.29, 0.717) is 28.3 Å². The maximum absolute atomic E-state index is 13.2. The summed E-state index contributed by atoms with van der Waals surface area (Å²) in [5.41, 5.74) is 2.25. The summed E-state index contributed by atoms with van der Waals surface area (Å²) in [6.07, 6.45) is 0. The second-order valence-corrected chi connectivity index (χ2v) is 10.1. The van der Waals surface area contributed by atoms with E-state index in [1.807, 2.05) is 57.2 Å². The Labute approximate surface area is 201 Å². The van der Waals surface area contributed by atoms with Crippen molar-refractivity contribution in [1.82, 2.24) is 9.78 Å². The lowest BCUT2D eigenvalue weighted by Gasteiger charge is -2.29. The van der Waals surface area contributed by atoms with E-state index in [1.165, 1.54) is 0 Å². The number of anilines is 1. The predicted octanol–water partition coefficient (Wildman–Crippen LogP) is 5.47. The summed E-state index contributed by atoms with van der Waals surface area (Å²) in [5, 5.41) is 8.13. The van der Waals surface area contributed by atoms with Crippen molar-refractivity contribution in [3.63, 3.8) is 0 Å². The number of fused-ring (bicyclic) bond motifs is 2. The van der Waals surface area contributed by atoms with Crippen LogP contribution in [0.2, 0.25) is 0 Å². The van der Waals surface area contributed by atoms with E-state index >= 15 is 0 Å². The molecule has 0 radical (unpaired) electrons. The molecule has 2 heterocycles. The zero-order chi connectivity index (χ0) is 22.8. The number of halogens is 2. The van der Waals surface area contributed by atoms with Gasteiger partial charge >= 0.3 is 0 Å². The lowest BCUT2D eigenvalue weighted by Crippen LogP contribution is -2.43. The number of ether oxygens (including phenoxy) is 1. The van der Waals surface area contributed by atoms with Crippen LogP contribution in [0, 0.1) is 6.92 Å². The van der Waals surface area contributed by atoms with E-state index in [-0.39, 0.29) is 0 Å². The van der Waals surface area contributed by atoms with E-state index in [1.54, 1.807) is 16.8 Å². The average Bonchev–Trinajstić information content (AvgIpc) is 3.20. The maximum atomic E-state index is 13.2. The van der Waals surface area contributed by atoms with Crippen LogP contribution in [0.15, 0.2) is 63.0 Å². The summed E-state index contributed by atoms with van der Waals surface area (Å²) >= 11 is 7.09. The predicted molar refractivity (Wildman–Crippen MR) is 129 cm³/mol. The quantitative estimate of drug-likeness (QED) is 0.433. The molecule has 1 aliphatic heterocycles. The third kappa shape index (κ3) is 3.16. The van der Waals surface area contributed by atoms with Crippen molar-refractivity contribution in [3.05, 3.63) is 79.9 Å². The number of carbonyl (C=O) groups excluding carboxylic acids is 2. The average molecular weight is 557 g/mol. The van der Waals surface area contributed by atoms with Crippen LogP contribution in [0.5, 0.6) is 0 Å². The van der Waals surface area contributed by atoms with Crippen molar-refractivity contribution in [3.8, 4) is 5.69 Å². The summed E-state index contributed by atoms with van der Waals surface area (Å²) in [6, 6.07) is 14.3. The van der Waals surface area contributed by atoms with Gasteiger partial charge in [0.15, 0.2) is 0 Å². The van der Waals surface area contributed by atoms with Crippen molar-refractivity contribution in [2.45, 2.75) is 32.4 Å². The molecule has 3 aromatic rings. The number of nitrogens with zero attached hydrogens (tertiary/aromatic N) is 2. The Bertz CT molecular complexity index is 1320. The molecule has 32 heavy (non-hydrogen) atoms. The standard InChI is InChI=1S/C24H19Br2N3O3/c1-12-18(26)23(29(28-12)14-10-8-13(25)9-11-14)27-22-17-20(31)19(30)15-6-4-5-7-16(15)21(17)32-24(22,2)3/h4-11,22,27H,1-3H3. The molecule has 0 bridgehead atoms. The molecule has 8 heteroatoms. The van der Waals surface area contributed by atoms with Gasteiger partial charge in [-0.05, 0) is 61.0 Å². The molecule has 0 saturated carbocycles. The van der Waals surface area contributed by atoms with E-state index in [9.17, 15) is 9.59 Å². The fourth-order valence-electron chi connectivity index (χ4n) is 4.20. The lowest BCUT2D eigenvalue weighted by atomic mass is 9.83. The van der Waals surface area contributed by atoms with Crippen molar-refractivity contribution < 1.29 is 14.3 Å². The molecule has 1 N–H and O–H groups in total. The Morgan fingerprint density at radius 3 is 2.34 bits per heavy atom. The SMILES string of the molecule is Cc1nn(-c2ccc(Br)cc2)c(NC2C3=C(OC2(C)C)c2ccccc2C(=O)C3=O)c1Br. The Morgan fingerprint density at radius 1 is 1.00 bits per heavy atom. The molecule has 1 atom stereocenters. The Kier molecular flexibility index (Phi) is 4.90. The van der Waals surface area contributed by atoms with Gasteiger partial charge in [0.05, 0.1) is 27.5 Å². The minimum Gasteiger partial charge on any atom is -0.484 e. The highest BCUT2D eigenvalue weighted by Gasteiger charge is 2.51. The summed E-state index contributed by atoms with van der Waals surface area (Å²) in [4.78, 5) is 26.0. The monoisotopic (exact) mass is 555 g/mol. The Hall–Kier alpha value is -2.71. The molecule has 2 aliphatic rings. The summed E-state index contributed by atoms with van der Waals surface area (Å²) in [7, 11) is 0. The number of ketones is 2. The number of nitrogens with one attached hydrogen (secondary N) is 1. The molecule has 6 nitrogen and oxygen atoms in total. The molecule has 0 saturated heterocycles. The molecule has 1 unspecified atom stereocenters. The summed E-state index contributed by atoms with van der Waals surface area (Å²) < 4.78 is 9.80. The van der Waals surface area contributed by atoms with Crippen LogP contribution in [0.1, 0.15) is 35.5 Å². The number of Topliss-reactive ketones (excluding diaryl/α,β-unsaturated/α-hetero) is 2. The third-order valence-electron chi connectivity index (χ3n) is 5.80. The van der Waals surface area contributed by atoms with Gasteiger partial charge in [0.1, 0.15) is 17.2 Å². The number of aromatic nitrogens is 2. The number of aryl methyl sites for hydroxylation is 1. The molecule has 5 rings (SSSR count). The minimum atomic E-state index is -0.778. The van der Waals surface area contributed by atoms with Crippen LogP contribution in [-0.4, -0.2) is 33.0 Å². The largest absolute Gasteiger partial charge is 0.484 e. The lowest BCUT2D eigenvalue weighted by molar-refractivity contribution is -0.112. The van der Waals surface area contributed by atoms with E-state index in [0.717, 1.165) is 20.3 Å². The van der Waals surface area contributed by atoms with Gasteiger partial charge in [-0.2, -0.15) is 5.10 Å². The first kappa shape index (κ1) is 21.2. The van der Waals surface area contributed by atoms with Crippen molar-refractivity contribution in [1.29, 1.82) is 0 Å². The molecule has 162 valence electrons. The third-order valence-corrected chi connectivity index (χ3v) is 7.28. The summed E-state index contributed by atoms with van der Waals surface area (Å²) in [5.74, 6) is 0.100. The van der Waals surface area contributed by atoms with Crippen molar-refractivity contribution in [2.75, 3.05) is 5.32 Å². The van der Waals surface area contributed by atoms with Gasteiger partial charge in [-0.25, -0.2) is 4.68 Å². The Morgan fingerprint density at radius 2 is 1.66 bits per heavy atom. The molecule has 0 spiro atoms. The summed E-state index contributed by atoms with van der Waals surface area (Å²) in [6.45, 7) is 5.71. The fraction of sp³-hybridized carbons (Fsp3) is 0.208. The Balaban J connectivity index is 1.64. The first-order valence-corrected chi connectivity index (χ1v) is 11.7. The van der Waals surface area contributed by atoms with Gasteiger partial charge < -0.3 is 10.1 Å². The molecule has 2 aromatic carbocycles. The minimum absolute atomic E-state index is 0.354. The van der Waals surface area contributed by atoms with Gasteiger partial charge in [-0.1, -0.05) is 40.2 Å². The van der Waals surface area contributed by atoms with Crippen molar-refractivity contribution >= 4 is 55.0 Å². The van der Waals surface area contributed by atoms with Crippen molar-refractivity contribution in [2.24, 2.45) is 0 Å². The van der Waals surface area contributed by atoms with E-state index in [2.05, 4.69) is 42.3 Å². The molecule has 1 aromatic heterocycles. The first-order valence-electron chi connectivity index (χ1n) is 10.1. The molecular weight excluding hydrogens is 538 g/mol. The fourth-order valence-corrected chi connectivity index (χ4v) is 4.82. The zero-order valence-corrected chi connectivity index (χ0v) is 20.7. The maximum Gasteiger partial charge on any atom is 0.235 e. The number of benzene rings is 2. The highest BCUT2D eigenvalue weighted by molar-refractivity contribution is 9.11. The van der Waals surface area contributed by atoms with Gasteiger partial charge in [0, 0.05) is 15.6 Å². The van der Waals surface area contributed by atoms with Crippen LogP contribution in [0.4, 0.5) is 5.82 Å². The number of hydrogen-bond acceptors (Lipinski definition) is 5. The molecular formula is C24H19Br2N3O3. The normalized spacial score (nSPS) is 19.0. The highest BCUT2D eigenvalue weighted by Crippen LogP contribution is 2.45. The number of hydrogen-bond donors (Lipinski definition) is 1.